The van der Waals surface area contributed by atoms with E-state index in [0.717, 1.165) is 28.2 Å². The van der Waals surface area contributed by atoms with Crippen LogP contribution in [0.4, 0.5) is 10.1 Å². The number of halogens is 1. The second-order valence-electron chi connectivity index (χ2n) is 7.09. The minimum absolute atomic E-state index is 0.141. The Kier molecular flexibility index (Phi) is 5.27. The molecule has 0 spiro atoms. The number of hydrogen-bond acceptors (Lipinski definition) is 5. The molecule has 0 aliphatic carbocycles. The first kappa shape index (κ1) is 19.4. The number of thioether (sulfide) groups is 1. The third-order valence-electron chi connectivity index (χ3n) is 4.96. The number of nitrogens with one attached hydrogen (secondary N) is 2. The summed E-state index contributed by atoms with van der Waals surface area (Å²) in [4.78, 5) is 13.3. The summed E-state index contributed by atoms with van der Waals surface area (Å²) in [5, 5.41) is 11.6. The number of rotatable bonds is 4. The largest absolute Gasteiger partial charge is 0.325 e. The van der Waals surface area contributed by atoms with Gasteiger partial charge in [0.05, 0.1) is 6.04 Å². The van der Waals surface area contributed by atoms with Gasteiger partial charge in [-0.1, -0.05) is 43.0 Å². The van der Waals surface area contributed by atoms with Crippen LogP contribution in [0.2, 0.25) is 0 Å². The van der Waals surface area contributed by atoms with Gasteiger partial charge < -0.3 is 10.7 Å². The molecule has 2 atom stereocenters. The van der Waals surface area contributed by atoms with E-state index in [-0.39, 0.29) is 17.8 Å². The molecule has 29 heavy (non-hydrogen) atoms. The Bertz CT molecular complexity index is 1050. The predicted molar refractivity (Wildman–Crippen MR) is 112 cm³/mol. The van der Waals surface area contributed by atoms with E-state index in [2.05, 4.69) is 20.9 Å². The van der Waals surface area contributed by atoms with Crippen molar-refractivity contribution in [2.45, 2.75) is 43.6 Å². The van der Waals surface area contributed by atoms with E-state index in [9.17, 15) is 9.18 Å². The highest BCUT2D eigenvalue weighted by atomic mass is 32.2. The smallest absolute Gasteiger partial charge is 0.240 e. The first-order valence-corrected chi connectivity index (χ1v) is 10.4. The van der Waals surface area contributed by atoms with E-state index in [4.69, 9.17) is 0 Å². The highest BCUT2D eigenvalue weighted by Crippen LogP contribution is 2.37. The average molecular weight is 412 g/mol. The van der Waals surface area contributed by atoms with Crippen molar-refractivity contribution in [2.75, 3.05) is 10.7 Å². The van der Waals surface area contributed by atoms with Crippen LogP contribution >= 0.6 is 11.8 Å². The Hall–Kier alpha value is -2.87. The van der Waals surface area contributed by atoms with Crippen LogP contribution in [-0.2, 0) is 11.2 Å². The molecule has 2 N–H and O–H groups in total. The first-order valence-electron chi connectivity index (χ1n) is 9.47. The number of carbonyl (C=O) groups excluding carboxylic acids is 1. The van der Waals surface area contributed by atoms with Gasteiger partial charge in [-0.05, 0) is 48.7 Å². The maximum atomic E-state index is 13.5. The molecule has 0 bridgehead atoms. The summed E-state index contributed by atoms with van der Waals surface area (Å²) in [5.41, 5.74) is 7.04. The highest BCUT2D eigenvalue weighted by molar-refractivity contribution is 8.00. The van der Waals surface area contributed by atoms with Crippen LogP contribution in [0, 0.1) is 19.7 Å². The second kappa shape index (κ2) is 7.87. The van der Waals surface area contributed by atoms with Crippen molar-refractivity contribution in [3.05, 3.63) is 70.8 Å². The van der Waals surface area contributed by atoms with E-state index >= 15 is 0 Å². The van der Waals surface area contributed by atoms with Gasteiger partial charge in [-0.15, -0.1) is 10.2 Å². The molecule has 1 aromatic heterocycles. The Morgan fingerprint density at radius 2 is 1.97 bits per heavy atom. The Morgan fingerprint density at radius 3 is 2.69 bits per heavy atom. The quantitative estimate of drug-likeness (QED) is 0.679. The number of benzene rings is 2. The summed E-state index contributed by atoms with van der Waals surface area (Å²) in [6.07, 6.45) is 0.704. The number of aryl methyl sites for hydroxylation is 3. The van der Waals surface area contributed by atoms with Gasteiger partial charge in [0.25, 0.3) is 0 Å². The predicted octanol–water partition coefficient (Wildman–Crippen LogP) is 3.99. The Balaban J connectivity index is 1.68. The lowest BCUT2D eigenvalue weighted by Gasteiger charge is -2.33. The van der Waals surface area contributed by atoms with Crippen molar-refractivity contribution < 1.29 is 9.18 Å². The van der Waals surface area contributed by atoms with Crippen molar-refractivity contribution in [2.24, 2.45) is 0 Å². The van der Waals surface area contributed by atoms with Gasteiger partial charge in [0.1, 0.15) is 11.1 Å². The fraction of sp³-hybridized carbons (Fsp3) is 0.286. The minimum atomic E-state index is -0.498. The average Bonchev–Trinajstić information content (AvgIpc) is 3.12. The second-order valence-corrected chi connectivity index (χ2v) is 8.20. The van der Waals surface area contributed by atoms with Gasteiger partial charge in [-0.3, -0.25) is 4.79 Å². The zero-order valence-electron chi connectivity index (χ0n) is 16.4. The molecule has 2 aromatic carbocycles. The molecule has 1 aliphatic heterocycles. The maximum absolute atomic E-state index is 13.5. The van der Waals surface area contributed by atoms with Gasteiger partial charge in [0.15, 0.2) is 5.82 Å². The lowest BCUT2D eigenvalue weighted by molar-refractivity contribution is -0.116. The standard InChI is InChI=1S/C21H22FN5OS/c1-4-17-24-25-21-27(17)26-18(14-7-9-15(22)10-8-14)19(29-21)20(28)23-16-11-12(2)5-6-13(16)3/h5-11,18-19,26H,4H2,1-3H3,(H,23,28)/t18-,19-/m1/s1. The number of carbonyl (C=O) groups is 1. The highest BCUT2D eigenvalue weighted by Gasteiger charge is 2.37. The van der Waals surface area contributed by atoms with E-state index in [0.29, 0.717) is 11.6 Å². The van der Waals surface area contributed by atoms with Gasteiger partial charge >= 0.3 is 0 Å². The number of aromatic nitrogens is 3. The zero-order valence-corrected chi connectivity index (χ0v) is 17.3. The monoisotopic (exact) mass is 411 g/mol. The third kappa shape index (κ3) is 3.85. The molecule has 4 rings (SSSR count). The SMILES string of the molecule is CCc1nnc2n1N[C@H](c1ccc(F)cc1)[C@H](C(=O)Nc1cc(C)ccc1C)S2. The summed E-state index contributed by atoms with van der Waals surface area (Å²) in [6.45, 7) is 5.95. The first-order chi connectivity index (χ1) is 14.0. The molecule has 150 valence electrons. The molecule has 1 amide bonds. The molecule has 0 fully saturated rings. The molecule has 3 aromatic rings. The van der Waals surface area contributed by atoms with Crippen LogP contribution < -0.4 is 10.7 Å². The Morgan fingerprint density at radius 1 is 1.21 bits per heavy atom. The fourth-order valence-corrected chi connectivity index (χ4v) is 4.42. The van der Waals surface area contributed by atoms with Crippen LogP contribution in [0.25, 0.3) is 0 Å². The molecule has 0 radical (unpaired) electrons. The minimum Gasteiger partial charge on any atom is -0.325 e. The maximum Gasteiger partial charge on any atom is 0.240 e. The van der Waals surface area contributed by atoms with E-state index in [1.165, 1.54) is 23.9 Å². The number of hydrogen-bond donors (Lipinski definition) is 2. The van der Waals surface area contributed by atoms with Crippen molar-refractivity contribution in [3.8, 4) is 0 Å². The van der Waals surface area contributed by atoms with Crippen LogP contribution in [-0.4, -0.2) is 26.0 Å². The lowest BCUT2D eigenvalue weighted by atomic mass is 10.0. The van der Waals surface area contributed by atoms with Gasteiger partial charge in [-0.25, -0.2) is 9.07 Å². The third-order valence-corrected chi connectivity index (χ3v) is 6.17. The van der Waals surface area contributed by atoms with E-state index < -0.39 is 5.25 Å². The van der Waals surface area contributed by atoms with E-state index in [1.807, 2.05) is 43.6 Å². The topological polar surface area (TPSA) is 71.8 Å². The summed E-state index contributed by atoms with van der Waals surface area (Å²) in [6, 6.07) is 11.8. The normalized spacial score (nSPS) is 18.1. The van der Waals surface area contributed by atoms with Crippen molar-refractivity contribution in [1.29, 1.82) is 0 Å². The molecular weight excluding hydrogens is 389 g/mol. The van der Waals surface area contributed by atoms with Gasteiger partial charge in [-0.2, -0.15) is 0 Å². The fourth-order valence-electron chi connectivity index (χ4n) is 3.32. The van der Waals surface area contributed by atoms with E-state index in [1.54, 1.807) is 12.1 Å². The molecule has 0 saturated heterocycles. The number of fused-ring (bicyclic) bond motifs is 1. The van der Waals surface area contributed by atoms with Gasteiger partial charge in [0, 0.05) is 12.1 Å². The zero-order chi connectivity index (χ0) is 20.5. The number of anilines is 1. The lowest BCUT2D eigenvalue weighted by Crippen LogP contribution is -2.41. The molecular formula is C21H22FN5OS. The summed E-state index contributed by atoms with van der Waals surface area (Å²) in [5.74, 6) is 0.332. The summed E-state index contributed by atoms with van der Waals surface area (Å²) >= 11 is 1.36. The van der Waals surface area contributed by atoms with Crippen molar-refractivity contribution in [1.82, 2.24) is 14.9 Å². The van der Waals surface area contributed by atoms with Crippen molar-refractivity contribution >= 4 is 23.4 Å². The molecule has 8 heteroatoms. The van der Waals surface area contributed by atoms with Crippen LogP contribution in [0.3, 0.4) is 0 Å². The molecule has 0 unspecified atom stereocenters. The molecule has 0 saturated carbocycles. The molecule has 2 heterocycles. The summed E-state index contributed by atoms with van der Waals surface area (Å²) < 4.78 is 15.3. The van der Waals surface area contributed by atoms with Gasteiger partial charge in [0.2, 0.25) is 11.1 Å². The Labute approximate surface area is 172 Å². The number of amides is 1. The molecule has 1 aliphatic rings. The number of nitrogens with zero attached hydrogens (tertiary/aromatic N) is 3. The summed E-state index contributed by atoms with van der Waals surface area (Å²) in [7, 11) is 0. The van der Waals surface area contributed by atoms with Crippen molar-refractivity contribution in [3.63, 3.8) is 0 Å². The van der Waals surface area contributed by atoms with Crippen LogP contribution in [0.5, 0.6) is 0 Å². The molecule has 6 nitrogen and oxygen atoms in total. The van der Waals surface area contributed by atoms with Crippen LogP contribution in [0.1, 0.15) is 35.5 Å². The van der Waals surface area contributed by atoms with Crippen LogP contribution in [0.15, 0.2) is 47.6 Å².